The second kappa shape index (κ2) is 11.6. The Morgan fingerprint density at radius 2 is 1.68 bits per heavy atom. The Bertz CT molecular complexity index is 538. The van der Waals surface area contributed by atoms with Gasteiger partial charge >= 0.3 is 35.6 Å². The van der Waals surface area contributed by atoms with Crippen LogP contribution in [0.3, 0.4) is 0 Å². The summed E-state index contributed by atoms with van der Waals surface area (Å²) in [6.45, 7) is 2.34. The van der Waals surface area contributed by atoms with E-state index in [0.717, 1.165) is 17.0 Å². The average molecular weight is 418 g/mol. The first-order valence-corrected chi connectivity index (χ1v) is 13.8. The zero-order valence-electron chi connectivity index (χ0n) is 15.1. The van der Waals surface area contributed by atoms with E-state index in [0.29, 0.717) is 17.7 Å². The molecule has 0 aromatic heterocycles. The van der Waals surface area contributed by atoms with Gasteiger partial charge in [-0.1, -0.05) is 51.2 Å². The number of para-hydroxylation sites is 1. The SMILES string of the molecule is CC1CCC(c2cccc(C=NC3CCCCC3)c2O)CC1.[Cl][Ti][Cl]. The van der Waals surface area contributed by atoms with Gasteiger partial charge in [0.25, 0.3) is 0 Å². The van der Waals surface area contributed by atoms with E-state index in [1.807, 2.05) is 12.3 Å². The van der Waals surface area contributed by atoms with E-state index in [4.69, 9.17) is 23.6 Å². The molecule has 5 heteroatoms. The first-order valence-electron chi connectivity index (χ1n) is 9.47. The molecule has 2 fully saturated rings. The Labute approximate surface area is 169 Å². The summed E-state index contributed by atoms with van der Waals surface area (Å²) in [5, 5.41) is 10.6. The van der Waals surface area contributed by atoms with Gasteiger partial charge in [-0.15, -0.1) is 0 Å². The first-order chi connectivity index (χ1) is 12.2. The van der Waals surface area contributed by atoms with Crippen LogP contribution in [-0.2, 0) is 17.0 Å². The van der Waals surface area contributed by atoms with Crippen LogP contribution in [0.15, 0.2) is 23.2 Å². The number of aromatic hydroxyl groups is 1. The third-order valence-electron chi connectivity index (χ3n) is 5.55. The number of rotatable bonds is 3. The van der Waals surface area contributed by atoms with Crippen molar-refractivity contribution in [3.05, 3.63) is 29.3 Å². The molecule has 0 atom stereocenters. The molecule has 0 aliphatic heterocycles. The summed E-state index contributed by atoms with van der Waals surface area (Å²) < 4.78 is 0. The van der Waals surface area contributed by atoms with Crippen LogP contribution >= 0.6 is 18.6 Å². The average Bonchev–Trinajstić information content (AvgIpc) is 2.63. The maximum absolute atomic E-state index is 10.6. The normalized spacial score (nSPS) is 24.6. The van der Waals surface area contributed by atoms with Gasteiger partial charge in [0.2, 0.25) is 0 Å². The predicted octanol–water partition coefficient (Wildman–Crippen LogP) is 6.81. The Kier molecular flexibility index (Phi) is 9.92. The Morgan fingerprint density at radius 1 is 1.04 bits per heavy atom. The third kappa shape index (κ3) is 6.90. The van der Waals surface area contributed by atoms with Crippen LogP contribution < -0.4 is 0 Å². The second-order valence-electron chi connectivity index (χ2n) is 7.38. The van der Waals surface area contributed by atoms with Gasteiger partial charge in [0.05, 0.1) is 0 Å². The van der Waals surface area contributed by atoms with Gasteiger partial charge < -0.3 is 5.11 Å². The minimum atomic E-state index is -0.556. The molecule has 25 heavy (non-hydrogen) atoms. The quantitative estimate of drug-likeness (QED) is 0.424. The van der Waals surface area contributed by atoms with Crippen LogP contribution in [0.5, 0.6) is 5.75 Å². The number of phenols is 1. The molecular formula is C20H29Cl2NOTi. The van der Waals surface area contributed by atoms with E-state index in [2.05, 4.69) is 19.1 Å². The van der Waals surface area contributed by atoms with E-state index < -0.39 is 17.0 Å². The number of halogens is 2. The summed E-state index contributed by atoms with van der Waals surface area (Å²) in [4.78, 5) is 4.73. The fourth-order valence-electron chi connectivity index (χ4n) is 4.00. The Morgan fingerprint density at radius 3 is 2.32 bits per heavy atom. The summed E-state index contributed by atoms with van der Waals surface area (Å²) in [7, 11) is 9.78. The number of nitrogens with zero attached hydrogens (tertiary/aromatic N) is 1. The van der Waals surface area contributed by atoms with Crippen LogP contribution in [0.1, 0.15) is 81.8 Å². The number of hydrogen-bond acceptors (Lipinski definition) is 2. The number of aliphatic imine (C=N–C) groups is 1. The van der Waals surface area contributed by atoms with Crippen molar-refractivity contribution in [2.24, 2.45) is 10.9 Å². The maximum atomic E-state index is 10.6. The molecule has 0 saturated heterocycles. The van der Waals surface area contributed by atoms with Crippen molar-refractivity contribution >= 4 is 24.8 Å². The van der Waals surface area contributed by atoms with Crippen LogP contribution in [0.4, 0.5) is 0 Å². The van der Waals surface area contributed by atoms with Gasteiger partial charge in [-0.25, -0.2) is 0 Å². The number of benzene rings is 1. The number of hydrogen-bond donors (Lipinski definition) is 1. The molecule has 138 valence electrons. The van der Waals surface area contributed by atoms with E-state index in [1.165, 1.54) is 57.8 Å². The van der Waals surface area contributed by atoms with Crippen molar-refractivity contribution in [2.75, 3.05) is 0 Å². The van der Waals surface area contributed by atoms with Gasteiger partial charge in [-0.3, -0.25) is 4.99 Å². The molecule has 3 rings (SSSR count). The van der Waals surface area contributed by atoms with Crippen molar-refractivity contribution in [3.63, 3.8) is 0 Å². The molecule has 0 unspecified atom stereocenters. The summed E-state index contributed by atoms with van der Waals surface area (Å²) >= 11 is -0.556. The Hall–Kier alpha value is -0.0157. The van der Waals surface area contributed by atoms with E-state index in [9.17, 15) is 5.11 Å². The van der Waals surface area contributed by atoms with Crippen LogP contribution in [0.25, 0.3) is 0 Å². The topological polar surface area (TPSA) is 32.6 Å². The molecule has 2 aliphatic rings. The fraction of sp³-hybridized carbons (Fsp3) is 0.650. The van der Waals surface area contributed by atoms with Crippen molar-refractivity contribution in [1.82, 2.24) is 0 Å². The summed E-state index contributed by atoms with van der Waals surface area (Å²) in [6, 6.07) is 6.65. The van der Waals surface area contributed by atoms with Crippen LogP contribution in [0, 0.1) is 5.92 Å². The monoisotopic (exact) mass is 417 g/mol. The van der Waals surface area contributed by atoms with Gasteiger partial charge in [-0.2, -0.15) is 0 Å². The first kappa shape index (κ1) is 21.3. The molecule has 0 radical (unpaired) electrons. The molecule has 0 spiro atoms. The van der Waals surface area contributed by atoms with Gasteiger partial charge in [0.15, 0.2) is 0 Å². The van der Waals surface area contributed by atoms with Crippen molar-refractivity contribution in [2.45, 2.75) is 76.7 Å². The van der Waals surface area contributed by atoms with Crippen molar-refractivity contribution < 1.29 is 22.1 Å². The second-order valence-corrected chi connectivity index (χ2v) is 9.96. The van der Waals surface area contributed by atoms with Crippen LogP contribution in [-0.4, -0.2) is 17.4 Å². The van der Waals surface area contributed by atoms with E-state index in [1.54, 1.807) is 0 Å². The standard InChI is InChI=1S/C20H29NO.2ClH.Ti/c1-15-10-12-16(13-11-15)19-9-5-6-17(20(19)22)14-21-18-7-3-2-4-8-18;;;/h5-6,9,14-16,18,22H,2-4,7-8,10-13H2,1H3;2*1H;/q;;;+2/p-2. The fourth-order valence-corrected chi connectivity index (χ4v) is 4.00. The summed E-state index contributed by atoms with van der Waals surface area (Å²) in [5.41, 5.74) is 2.04. The summed E-state index contributed by atoms with van der Waals surface area (Å²) in [5.74, 6) is 1.84. The molecule has 1 aromatic carbocycles. The molecule has 2 nitrogen and oxygen atoms in total. The molecule has 1 N–H and O–H groups in total. The van der Waals surface area contributed by atoms with E-state index >= 15 is 0 Å². The van der Waals surface area contributed by atoms with Gasteiger partial charge in [-0.05, 0) is 49.1 Å². The molecular weight excluding hydrogens is 389 g/mol. The van der Waals surface area contributed by atoms with Crippen molar-refractivity contribution in [1.29, 1.82) is 0 Å². The zero-order valence-corrected chi connectivity index (χ0v) is 18.1. The molecule has 0 bridgehead atoms. The summed E-state index contributed by atoms with van der Waals surface area (Å²) in [6.07, 6.45) is 13.3. The number of phenolic OH excluding ortho intramolecular Hbond substituents is 1. The van der Waals surface area contributed by atoms with Crippen molar-refractivity contribution in [3.8, 4) is 5.75 Å². The third-order valence-corrected chi connectivity index (χ3v) is 5.55. The van der Waals surface area contributed by atoms with Gasteiger partial charge in [0.1, 0.15) is 5.75 Å². The zero-order chi connectivity index (χ0) is 18.1. The Balaban J connectivity index is 0.000000701. The molecule has 2 saturated carbocycles. The van der Waals surface area contributed by atoms with E-state index in [-0.39, 0.29) is 0 Å². The predicted molar refractivity (Wildman–Crippen MR) is 105 cm³/mol. The molecule has 2 aliphatic carbocycles. The minimum absolute atomic E-state index is 0.465. The van der Waals surface area contributed by atoms with Gasteiger partial charge in [0, 0.05) is 17.8 Å². The molecule has 0 amide bonds. The molecule has 1 aromatic rings. The van der Waals surface area contributed by atoms with Crippen LogP contribution in [0.2, 0.25) is 0 Å². The molecule has 0 heterocycles.